The molecule has 3 saturated carbocycles. The maximum atomic E-state index is 13.2. The zero-order valence-corrected chi connectivity index (χ0v) is 42.8. The average molecular weight is 952 g/mol. The van der Waals surface area contributed by atoms with Gasteiger partial charge in [-0.2, -0.15) is 0 Å². The van der Waals surface area contributed by atoms with Crippen molar-refractivity contribution in [3.8, 4) is 5.75 Å². The van der Waals surface area contributed by atoms with E-state index in [4.69, 9.17) is 50.9 Å². The molecular weight excluding hydrogens is 879 g/mol. The molecule has 17 heteroatoms. The molecule has 0 radical (unpaired) electrons. The largest absolute Gasteiger partial charge is 0.497 e. The number of aliphatic hydroxyl groups is 1. The number of benzene rings is 2. The van der Waals surface area contributed by atoms with Crippen LogP contribution in [0, 0.1) is 16.7 Å². The van der Waals surface area contributed by atoms with Crippen molar-refractivity contribution in [1.29, 1.82) is 0 Å². The van der Waals surface area contributed by atoms with Crippen molar-refractivity contribution in [2.45, 2.75) is 204 Å². The second-order valence-corrected chi connectivity index (χ2v) is 30.7. The van der Waals surface area contributed by atoms with Crippen LogP contribution in [0.4, 0.5) is 0 Å². The maximum absolute atomic E-state index is 13.2. The minimum Gasteiger partial charge on any atom is -0.497 e. The van der Waals surface area contributed by atoms with Gasteiger partial charge in [-0.25, -0.2) is 0 Å². The van der Waals surface area contributed by atoms with Gasteiger partial charge in [-0.05, 0) is 69.6 Å². The maximum Gasteiger partial charge on any atom is 0.335 e. The van der Waals surface area contributed by atoms with Gasteiger partial charge in [0.2, 0.25) is 0 Å². The van der Waals surface area contributed by atoms with E-state index >= 15 is 0 Å². The van der Waals surface area contributed by atoms with E-state index in [0.29, 0.717) is 12.3 Å². The van der Waals surface area contributed by atoms with Gasteiger partial charge in [-0.3, -0.25) is 0 Å². The highest BCUT2D eigenvalue weighted by Gasteiger charge is 2.77. The molecule has 15 atom stereocenters. The van der Waals surface area contributed by atoms with Crippen molar-refractivity contribution < 1.29 is 56.0 Å². The molecule has 1 spiro atoms. The number of aliphatic hydroxyl groups excluding tert-OH is 1. The van der Waals surface area contributed by atoms with E-state index in [1.54, 1.807) is 7.11 Å². The third-order valence-corrected chi connectivity index (χ3v) is 27.3. The second-order valence-electron chi connectivity index (χ2n) is 21.9. The van der Waals surface area contributed by atoms with Gasteiger partial charge in [0.05, 0.1) is 20.3 Å². The summed E-state index contributed by atoms with van der Waals surface area (Å²) in [6, 6.07) is 16.2. The van der Waals surface area contributed by atoms with Crippen molar-refractivity contribution >= 4 is 17.1 Å². The molecule has 7 fully saturated rings. The molecule has 1 unspecified atom stereocenters. The molecule has 1 N–H and O–H groups in total. The first-order valence-corrected chi connectivity index (χ1v) is 28.3. The summed E-state index contributed by atoms with van der Waals surface area (Å²) in [5, 5.41) is 17.5. The molecule has 66 heavy (non-hydrogen) atoms. The van der Waals surface area contributed by atoms with Crippen LogP contribution in [0.15, 0.2) is 59.7 Å². The molecule has 0 aromatic heterocycles. The monoisotopic (exact) mass is 951 g/mol. The van der Waals surface area contributed by atoms with E-state index in [-0.39, 0.29) is 46.2 Å². The van der Waals surface area contributed by atoms with Crippen LogP contribution in [0.5, 0.6) is 5.75 Å². The molecule has 15 nitrogen and oxygen atoms in total. The van der Waals surface area contributed by atoms with Gasteiger partial charge >= 0.3 is 17.1 Å². The Kier molecular flexibility index (Phi) is 13.3. The van der Waals surface area contributed by atoms with Crippen LogP contribution in [-0.4, -0.2) is 109 Å². The van der Waals surface area contributed by atoms with Crippen LogP contribution in [0.25, 0.3) is 10.4 Å². The first-order chi connectivity index (χ1) is 31.3. The van der Waals surface area contributed by atoms with Gasteiger partial charge in [-0.15, -0.1) is 0 Å². The lowest BCUT2D eigenvalue weighted by Gasteiger charge is -2.51. The minimum atomic E-state index is -3.19. The van der Waals surface area contributed by atoms with Gasteiger partial charge in [0.25, 0.3) is 0 Å². The molecular formula is C49H73N3O12Si2. The number of hydrogen-bond acceptors (Lipinski definition) is 13. The zero-order valence-electron chi connectivity index (χ0n) is 40.8. The molecule has 4 aliphatic heterocycles. The summed E-state index contributed by atoms with van der Waals surface area (Å²) in [5.41, 5.74) is 11.7. The molecule has 2 aromatic rings. The molecule has 4 heterocycles. The summed E-state index contributed by atoms with van der Waals surface area (Å²) >= 11 is 0. The number of azide groups is 1. The third-order valence-electron chi connectivity index (χ3n) is 17.0. The Hall–Kier alpha value is -2.46. The Morgan fingerprint density at radius 3 is 2.02 bits per heavy atom. The summed E-state index contributed by atoms with van der Waals surface area (Å²) < 4.78 is 76.9. The standard InChI is InChI=1S/C49H73N3O12Si2/c1-27(2)65(28(3)4)62-41-37(53)40(42-43(44(41)63-66(64-65,29(5)6)30(7)8)61-49(60-42)24-33-22-23-48(49,11)47(33,9)10)59-46-36(51-52-50)39(55-25-31-18-20-34(54-12)21-19-31)38-35(57-46)26-56-45(58-38)32-16-14-13-15-17-32/h13-21,27-30,33,35-46,53H,22-26H2,1-12H3/t33-,35+,36+,37+,38+,39+,40+,41-,42-,43-,44+,45+,46-,48-,49?/m0/s1. The number of nitrogens with zero attached hydrogens (tertiary/aromatic N) is 3. The molecule has 7 aliphatic rings. The predicted molar refractivity (Wildman–Crippen MR) is 248 cm³/mol. The highest BCUT2D eigenvalue weighted by Crippen LogP contribution is 2.73. The lowest BCUT2D eigenvalue weighted by atomic mass is 9.68. The van der Waals surface area contributed by atoms with Crippen LogP contribution >= 0.6 is 0 Å². The summed E-state index contributed by atoms with van der Waals surface area (Å²) in [4.78, 5) is 3.34. The average Bonchev–Trinajstić information content (AvgIpc) is 3.76. The zero-order chi connectivity index (χ0) is 47.1. The summed E-state index contributed by atoms with van der Waals surface area (Å²) in [6.07, 6.45) is -7.00. The van der Waals surface area contributed by atoms with Crippen molar-refractivity contribution in [3.05, 3.63) is 76.2 Å². The van der Waals surface area contributed by atoms with Crippen molar-refractivity contribution in [2.24, 2.45) is 21.9 Å². The quantitative estimate of drug-likeness (QED) is 0.0927. The number of hydrogen-bond donors (Lipinski definition) is 1. The first-order valence-electron chi connectivity index (χ1n) is 24.4. The minimum absolute atomic E-state index is 0.0217. The highest BCUT2D eigenvalue weighted by molar-refractivity contribution is 6.84. The molecule has 364 valence electrons. The lowest BCUT2D eigenvalue weighted by molar-refractivity contribution is -0.361. The Balaban J connectivity index is 1.12. The topological polar surface area (TPSA) is 171 Å². The van der Waals surface area contributed by atoms with Crippen LogP contribution in [-0.2, 0) is 52.7 Å². The van der Waals surface area contributed by atoms with E-state index in [2.05, 4.69) is 86.2 Å². The predicted octanol–water partition coefficient (Wildman–Crippen LogP) is 9.51. The highest BCUT2D eigenvalue weighted by atomic mass is 28.5. The van der Waals surface area contributed by atoms with Crippen LogP contribution in [0.3, 0.4) is 0 Å². The fourth-order valence-corrected chi connectivity index (χ4v) is 24.1. The van der Waals surface area contributed by atoms with Crippen molar-refractivity contribution in [1.82, 2.24) is 0 Å². The SMILES string of the molecule is COc1ccc(CO[C@@H]2[C@@H](N=[N+]=[N-])[C@H](O[C@@H]3[C@@H](O)[C@@H]4O[Si](C(C)C)(C(C)C)O[Si](C(C)C)(C(C)C)O[C@H]4[C@H]4OC5(C[C@@H]6CC[C@@]5(C)C6(C)C)O[C@H]43)O[C@@H]3CO[C@@H](c4ccccc4)O[C@@H]23)cc1. The number of methoxy groups -OCH3 is 1. The summed E-state index contributed by atoms with van der Waals surface area (Å²) in [5.74, 6) is 0.119. The fraction of sp³-hybridized carbons (Fsp3) is 0.755. The second kappa shape index (κ2) is 18.1. The molecule has 3 aliphatic carbocycles. The smallest absolute Gasteiger partial charge is 0.335 e. The number of ether oxygens (including phenoxy) is 8. The Morgan fingerprint density at radius 1 is 0.803 bits per heavy atom. The van der Waals surface area contributed by atoms with Gasteiger partial charge in [0.1, 0.15) is 66.7 Å². The Labute approximate surface area is 392 Å². The van der Waals surface area contributed by atoms with Gasteiger partial charge in [0.15, 0.2) is 18.4 Å². The lowest BCUT2D eigenvalue weighted by Crippen LogP contribution is -2.69. The molecule has 2 bridgehead atoms. The van der Waals surface area contributed by atoms with Crippen molar-refractivity contribution in [3.63, 3.8) is 0 Å². The normalized spacial score (nSPS) is 40.8. The first kappa shape index (κ1) is 48.6. The van der Waals surface area contributed by atoms with E-state index in [0.717, 1.165) is 29.7 Å². The summed E-state index contributed by atoms with van der Waals surface area (Å²) in [7, 11) is -4.70. The van der Waals surface area contributed by atoms with Gasteiger partial charge in [-0.1, -0.05) is 124 Å². The Bertz CT molecular complexity index is 2060. The van der Waals surface area contributed by atoms with Crippen LogP contribution in [0.2, 0.25) is 22.2 Å². The third kappa shape index (κ3) is 7.67. The molecule has 9 rings (SSSR count). The molecule has 2 aromatic carbocycles. The number of fused-ring (bicyclic) bond motifs is 7. The molecule has 4 saturated heterocycles. The van der Waals surface area contributed by atoms with Gasteiger partial charge in [0, 0.05) is 22.3 Å². The van der Waals surface area contributed by atoms with Crippen LogP contribution < -0.4 is 4.74 Å². The van der Waals surface area contributed by atoms with E-state index in [1.165, 1.54) is 0 Å². The number of rotatable bonds is 12. The van der Waals surface area contributed by atoms with E-state index in [9.17, 15) is 10.6 Å². The molecule has 0 amide bonds. The van der Waals surface area contributed by atoms with Crippen molar-refractivity contribution in [2.75, 3.05) is 13.7 Å². The fourth-order valence-electron chi connectivity index (χ4n) is 12.8. The Morgan fingerprint density at radius 2 is 1.44 bits per heavy atom. The van der Waals surface area contributed by atoms with Crippen LogP contribution in [0.1, 0.15) is 113 Å². The van der Waals surface area contributed by atoms with E-state index < -0.39 is 96.5 Å². The van der Waals surface area contributed by atoms with E-state index in [1.807, 2.05) is 54.6 Å². The van der Waals surface area contributed by atoms with Gasteiger partial charge < -0.3 is 56.0 Å². The summed E-state index contributed by atoms with van der Waals surface area (Å²) in [6.45, 7) is 24.7.